The summed E-state index contributed by atoms with van der Waals surface area (Å²) in [6.07, 6.45) is 0.637. The molecule has 0 saturated carbocycles. The van der Waals surface area contributed by atoms with Crippen molar-refractivity contribution >= 4 is 40.8 Å². The molecule has 0 fully saturated rings. The molecule has 0 atom stereocenters. The predicted octanol–water partition coefficient (Wildman–Crippen LogP) is 4.25. The maximum atomic E-state index is 12.8. The van der Waals surface area contributed by atoms with Crippen LogP contribution in [0.25, 0.3) is 0 Å². The second kappa shape index (κ2) is 8.49. The Labute approximate surface area is 174 Å². The summed E-state index contributed by atoms with van der Waals surface area (Å²) in [6, 6.07) is 13.5. The molecule has 3 rings (SSSR count). The quantitative estimate of drug-likeness (QED) is 0.567. The Balaban J connectivity index is 1.77. The first kappa shape index (κ1) is 20.6. The van der Waals surface area contributed by atoms with Crippen molar-refractivity contribution in [1.82, 2.24) is 0 Å². The van der Waals surface area contributed by atoms with Crippen molar-refractivity contribution in [1.29, 1.82) is 0 Å². The van der Waals surface area contributed by atoms with Gasteiger partial charge in [-0.05, 0) is 62.2 Å². The summed E-state index contributed by atoms with van der Waals surface area (Å²) in [5.74, 6) is -1.55. The van der Waals surface area contributed by atoms with Crippen molar-refractivity contribution in [2.24, 2.45) is 0 Å². The number of esters is 1. The number of rotatable bonds is 6. The third-order valence-corrected chi connectivity index (χ3v) is 4.71. The highest BCUT2D eigenvalue weighted by Crippen LogP contribution is 2.30. The zero-order chi connectivity index (χ0) is 21.1. The Kier molecular flexibility index (Phi) is 6.03. The number of amides is 2. The molecule has 1 aliphatic heterocycles. The van der Waals surface area contributed by atoms with E-state index in [4.69, 9.17) is 16.3 Å². The van der Waals surface area contributed by atoms with Crippen LogP contribution in [0.1, 0.15) is 36.7 Å². The van der Waals surface area contributed by atoms with Crippen molar-refractivity contribution in [3.05, 3.63) is 70.4 Å². The van der Waals surface area contributed by atoms with Gasteiger partial charge in [-0.25, -0.2) is 9.69 Å². The number of hydrogen-bond donors (Lipinski definition) is 1. The van der Waals surface area contributed by atoms with E-state index in [0.29, 0.717) is 16.9 Å². The highest BCUT2D eigenvalue weighted by molar-refractivity contribution is 6.53. The number of nitrogens with zero attached hydrogens (tertiary/aromatic N) is 1. The van der Waals surface area contributed by atoms with Crippen molar-refractivity contribution in [2.45, 2.75) is 33.3 Å². The van der Waals surface area contributed by atoms with Gasteiger partial charge in [0.1, 0.15) is 10.7 Å². The van der Waals surface area contributed by atoms with E-state index in [0.717, 1.165) is 16.9 Å². The van der Waals surface area contributed by atoms with Gasteiger partial charge < -0.3 is 10.1 Å². The zero-order valence-corrected chi connectivity index (χ0v) is 17.1. The van der Waals surface area contributed by atoms with Crippen LogP contribution in [0.15, 0.2) is 59.3 Å². The molecule has 2 aromatic rings. The predicted molar refractivity (Wildman–Crippen MR) is 112 cm³/mol. The second-order valence-electron chi connectivity index (χ2n) is 6.81. The van der Waals surface area contributed by atoms with E-state index in [1.54, 1.807) is 50.2 Å². The lowest BCUT2D eigenvalue weighted by Crippen LogP contribution is -2.32. The van der Waals surface area contributed by atoms with Crippen LogP contribution in [0, 0.1) is 0 Å². The Morgan fingerprint density at radius 3 is 2.21 bits per heavy atom. The molecule has 0 aliphatic carbocycles. The van der Waals surface area contributed by atoms with Gasteiger partial charge in [-0.15, -0.1) is 0 Å². The van der Waals surface area contributed by atoms with Crippen LogP contribution < -0.4 is 10.2 Å². The first-order valence-electron chi connectivity index (χ1n) is 9.27. The molecular formula is C22H21ClN2O4. The van der Waals surface area contributed by atoms with Gasteiger partial charge in [0.2, 0.25) is 0 Å². The number of hydrogen-bond acceptors (Lipinski definition) is 5. The molecule has 29 heavy (non-hydrogen) atoms. The van der Waals surface area contributed by atoms with E-state index in [9.17, 15) is 14.4 Å². The number of imide groups is 1. The summed E-state index contributed by atoms with van der Waals surface area (Å²) in [5, 5.41) is 2.70. The molecule has 2 amide bonds. The van der Waals surface area contributed by atoms with Crippen molar-refractivity contribution in [3.63, 3.8) is 0 Å². The van der Waals surface area contributed by atoms with Crippen LogP contribution in [-0.4, -0.2) is 23.9 Å². The van der Waals surface area contributed by atoms with E-state index < -0.39 is 17.8 Å². The zero-order valence-electron chi connectivity index (χ0n) is 16.4. The Bertz CT molecular complexity index is 979. The number of ether oxygens (including phenoxy) is 1. The molecule has 150 valence electrons. The maximum Gasteiger partial charge on any atom is 0.338 e. The van der Waals surface area contributed by atoms with Crippen LogP contribution in [0.5, 0.6) is 0 Å². The Hall–Kier alpha value is -3.12. The topological polar surface area (TPSA) is 75.7 Å². The standard InChI is InChI=1S/C22H21ClN2O4/c1-4-14-5-11-17(12-6-14)25-20(26)18(23)19(21(25)27)24-16-9-7-15(8-10-16)22(28)29-13(2)3/h5-13,24H,4H2,1-3H3. The molecule has 7 heteroatoms. The van der Waals surface area contributed by atoms with E-state index in [2.05, 4.69) is 5.32 Å². The first-order valence-corrected chi connectivity index (χ1v) is 9.65. The van der Waals surface area contributed by atoms with Gasteiger partial charge in [-0.2, -0.15) is 0 Å². The minimum absolute atomic E-state index is 0.00579. The van der Waals surface area contributed by atoms with Crippen molar-refractivity contribution in [3.8, 4) is 0 Å². The maximum absolute atomic E-state index is 12.8. The van der Waals surface area contributed by atoms with E-state index in [-0.39, 0.29) is 16.8 Å². The molecule has 0 spiro atoms. The van der Waals surface area contributed by atoms with Gasteiger partial charge in [0, 0.05) is 5.69 Å². The van der Waals surface area contributed by atoms with Gasteiger partial charge in [-0.3, -0.25) is 9.59 Å². The number of halogens is 1. The average Bonchev–Trinajstić information content (AvgIpc) is 2.91. The van der Waals surface area contributed by atoms with Gasteiger partial charge in [-0.1, -0.05) is 30.7 Å². The summed E-state index contributed by atoms with van der Waals surface area (Å²) in [5.41, 5.74) is 2.45. The minimum Gasteiger partial charge on any atom is -0.459 e. The van der Waals surface area contributed by atoms with E-state index in [1.165, 1.54) is 0 Å². The van der Waals surface area contributed by atoms with Gasteiger partial charge in [0.15, 0.2) is 0 Å². The first-order chi connectivity index (χ1) is 13.8. The second-order valence-corrected chi connectivity index (χ2v) is 7.19. The summed E-state index contributed by atoms with van der Waals surface area (Å²) in [7, 11) is 0. The number of benzene rings is 2. The Morgan fingerprint density at radius 1 is 1.03 bits per heavy atom. The third-order valence-electron chi connectivity index (χ3n) is 4.36. The third kappa shape index (κ3) is 4.32. The molecule has 0 bridgehead atoms. The fourth-order valence-electron chi connectivity index (χ4n) is 2.84. The van der Waals surface area contributed by atoms with Gasteiger partial charge in [0.25, 0.3) is 11.8 Å². The normalized spacial score (nSPS) is 14.0. The SMILES string of the molecule is CCc1ccc(N2C(=O)C(Cl)=C(Nc3ccc(C(=O)OC(C)C)cc3)C2=O)cc1. The molecular weight excluding hydrogens is 392 g/mol. The van der Waals surface area contributed by atoms with E-state index >= 15 is 0 Å². The van der Waals surface area contributed by atoms with Crippen LogP contribution in [0.2, 0.25) is 0 Å². The lowest BCUT2D eigenvalue weighted by atomic mass is 10.1. The summed E-state index contributed by atoms with van der Waals surface area (Å²) in [4.78, 5) is 38.3. The molecule has 1 aliphatic rings. The van der Waals surface area contributed by atoms with Crippen molar-refractivity contribution in [2.75, 3.05) is 10.2 Å². The average molecular weight is 413 g/mol. The number of nitrogens with one attached hydrogen (secondary N) is 1. The highest BCUT2D eigenvalue weighted by atomic mass is 35.5. The molecule has 0 radical (unpaired) electrons. The molecule has 1 heterocycles. The number of anilines is 2. The molecule has 6 nitrogen and oxygen atoms in total. The number of aryl methyl sites for hydroxylation is 1. The summed E-state index contributed by atoms with van der Waals surface area (Å²) in [6.45, 7) is 5.56. The summed E-state index contributed by atoms with van der Waals surface area (Å²) < 4.78 is 5.14. The highest BCUT2D eigenvalue weighted by Gasteiger charge is 2.38. The largest absolute Gasteiger partial charge is 0.459 e. The van der Waals surface area contributed by atoms with Crippen LogP contribution in [0.4, 0.5) is 11.4 Å². The minimum atomic E-state index is -0.583. The molecule has 1 N–H and O–H groups in total. The van der Waals surface area contributed by atoms with Crippen LogP contribution in [0.3, 0.4) is 0 Å². The van der Waals surface area contributed by atoms with E-state index in [1.807, 2.05) is 19.1 Å². The smallest absolute Gasteiger partial charge is 0.338 e. The summed E-state index contributed by atoms with van der Waals surface area (Å²) >= 11 is 6.15. The van der Waals surface area contributed by atoms with Crippen molar-refractivity contribution < 1.29 is 19.1 Å². The molecule has 2 aromatic carbocycles. The molecule has 0 saturated heterocycles. The molecule has 0 aromatic heterocycles. The lowest BCUT2D eigenvalue weighted by Gasteiger charge is -2.15. The fraction of sp³-hybridized carbons (Fsp3) is 0.227. The Morgan fingerprint density at radius 2 is 1.66 bits per heavy atom. The fourth-order valence-corrected chi connectivity index (χ4v) is 3.06. The monoisotopic (exact) mass is 412 g/mol. The number of carbonyl (C=O) groups is 3. The van der Waals surface area contributed by atoms with Gasteiger partial charge >= 0.3 is 5.97 Å². The lowest BCUT2D eigenvalue weighted by molar-refractivity contribution is -0.120. The van der Waals surface area contributed by atoms with Crippen LogP contribution >= 0.6 is 11.6 Å². The van der Waals surface area contributed by atoms with Crippen LogP contribution in [-0.2, 0) is 20.7 Å². The van der Waals surface area contributed by atoms with Gasteiger partial charge in [0.05, 0.1) is 17.4 Å². The number of carbonyl (C=O) groups excluding carboxylic acids is 3. The molecule has 0 unspecified atom stereocenters.